The molecule has 0 bridgehead atoms. The van der Waals surface area contributed by atoms with E-state index in [1.54, 1.807) is 26.2 Å². The van der Waals surface area contributed by atoms with Crippen LogP contribution in [0, 0.1) is 13.8 Å². The maximum Gasteiger partial charge on any atom is 0.229 e. The maximum absolute atomic E-state index is 11.6. The van der Waals surface area contributed by atoms with Crippen LogP contribution in [0.5, 0.6) is 5.75 Å². The van der Waals surface area contributed by atoms with Crippen LogP contribution >= 0.6 is 0 Å². The molecule has 0 spiro atoms. The summed E-state index contributed by atoms with van der Waals surface area (Å²) in [5.41, 5.74) is 4.15. The predicted octanol–water partition coefficient (Wildman–Crippen LogP) is 4.79. The summed E-state index contributed by atoms with van der Waals surface area (Å²) in [6, 6.07) is 15.0. The minimum absolute atomic E-state index is 0.0118. The number of aryl methyl sites for hydroxylation is 2. The summed E-state index contributed by atoms with van der Waals surface area (Å²) in [5, 5.41) is 6.45. The molecule has 2 aromatic carbocycles. The number of ketones is 1. The second-order valence-corrected chi connectivity index (χ2v) is 6.31. The molecule has 6 nitrogen and oxygen atoms in total. The highest BCUT2D eigenvalue weighted by atomic mass is 16.5. The highest BCUT2D eigenvalue weighted by molar-refractivity contribution is 5.95. The fourth-order valence-electron chi connectivity index (χ4n) is 2.69. The minimum atomic E-state index is 0.0118. The van der Waals surface area contributed by atoms with Crippen LogP contribution < -0.4 is 15.4 Å². The maximum atomic E-state index is 11.6. The first-order valence-electron chi connectivity index (χ1n) is 8.60. The molecule has 1 aromatic heterocycles. The van der Waals surface area contributed by atoms with Crippen molar-refractivity contribution < 1.29 is 9.53 Å². The lowest BCUT2D eigenvalue weighted by Crippen LogP contribution is -2.04. The molecule has 0 unspecified atom stereocenters. The fraction of sp³-hybridized carbons (Fsp3) is 0.190. The van der Waals surface area contributed by atoms with Gasteiger partial charge in [0.05, 0.1) is 12.8 Å². The van der Waals surface area contributed by atoms with Gasteiger partial charge in [0, 0.05) is 23.0 Å². The van der Waals surface area contributed by atoms with Crippen LogP contribution in [0.1, 0.15) is 28.5 Å². The second-order valence-electron chi connectivity index (χ2n) is 6.31. The molecular weight excluding hydrogens is 340 g/mol. The first-order chi connectivity index (χ1) is 12.9. The van der Waals surface area contributed by atoms with E-state index >= 15 is 0 Å². The number of benzene rings is 2. The number of hydrogen-bond donors (Lipinski definition) is 2. The van der Waals surface area contributed by atoms with Crippen molar-refractivity contribution in [3.8, 4) is 5.75 Å². The molecule has 138 valence electrons. The summed E-state index contributed by atoms with van der Waals surface area (Å²) >= 11 is 0. The number of rotatable bonds is 6. The first-order valence-corrected chi connectivity index (χ1v) is 8.60. The molecule has 0 aliphatic rings. The van der Waals surface area contributed by atoms with Gasteiger partial charge in [0.1, 0.15) is 11.6 Å². The second kappa shape index (κ2) is 7.86. The Bertz CT molecular complexity index is 986. The zero-order chi connectivity index (χ0) is 19.4. The Balaban J connectivity index is 1.88. The van der Waals surface area contributed by atoms with E-state index < -0.39 is 0 Å². The third-order valence-corrected chi connectivity index (χ3v) is 4.00. The molecular formula is C21H22N4O2. The molecule has 0 saturated heterocycles. The molecule has 0 saturated carbocycles. The van der Waals surface area contributed by atoms with Gasteiger partial charge in [-0.15, -0.1) is 0 Å². The van der Waals surface area contributed by atoms with Crippen molar-refractivity contribution in [1.82, 2.24) is 9.97 Å². The van der Waals surface area contributed by atoms with Gasteiger partial charge in [-0.05, 0) is 50.6 Å². The number of Topliss-reactive ketones (excluding diaryl/α,β-unsaturated/α-hetero) is 1. The lowest BCUT2D eigenvalue weighted by Gasteiger charge is -2.13. The third-order valence-electron chi connectivity index (χ3n) is 4.00. The topological polar surface area (TPSA) is 76.1 Å². The molecule has 0 aliphatic heterocycles. The van der Waals surface area contributed by atoms with Crippen LogP contribution in [-0.2, 0) is 0 Å². The van der Waals surface area contributed by atoms with Gasteiger partial charge in [-0.2, -0.15) is 4.98 Å². The molecule has 0 radical (unpaired) electrons. The van der Waals surface area contributed by atoms with Crippen molar-refractivity contribution in [2.45, 2.75) is 20.8 Å². The zero-order valence-corrected chi connectivity index (χ0v) is 15.8. The number of anilines is 4. The van der Waals surface area contributed by atoms with Gasteiger partial charge in [0.2, 0.25) is 5.95 Å². The highest BCUT2D eigenvalue weighted by Gasteiger charge is 2.08. The average molecular weight is 362 g/mol. The molecule has 3 rings (SSSR count). The van der Waals surface area contributed by atoms with Crippen LogP contribution in [-0.4, -0.2) is 22.9 Å². The van der Waals surface area contributed by atoms with Gasteiger partial charge >= 0.3 is 0 Å². The van der Waals surface area contributed by atoms with E-state index in [0.717, 1.165) is 28.4 Å². The highest BCUT2D eigenvalue weighted by Crippen LogP contribution is 2.28. The number of nitrogens with one attached hydrogen (secondary N) is 2. The summed E-state index contributed by atoms with van der Waals surface area (Å²) < 4.78 is 5.41. The van der Waals surface area contributed by atoms with Gasteiger partial charge in [-0.25, -0.2) is 4.98 Å². The summed E-state index contributed by atoms with van der Waals surface area (Å²) in [6.45, 7) is 5.46. The van der Waals surface area contributed by atoms with Gasteiger partial charge < -0.3 is 15.4 Å². The normalized spacial score (nSPS) is 10.4. The van der Waals surface area contributed by atoms with Gasteiger partial charge in [-0.3, -0.25) is 4.79 Å². The standard InChI is InChI=1S/C21H22N4O2/c1-13-8-9-19(27-4)18(10-13)24-20-11-14(2)22-21(25-20)23-17-7-5-6-16(12-17)15(3)26/h5-12H,1-4H3,(H2,22,23,24,25). The summed E-state index contributed by atoms with van der Waals surface area (Å²) in [4.78, 5) is 20.5. The average Bonchev–Trinajstić information content (AvgIpc) is 2.61. The third kappa shape index (κ3) is 4.61. The molecule has 27 heavy (non-hydrogen) atoms. The monoisotopic (exact) mass is 362 g/mol. The summed E-state index contributed by atoms with van der Waals surface area (Å²) in [6.07, 6.45) is 0. The fourth-order valence-corrected chi connectivity index (χ4v) is 2.69. The zero-order valence-electron chi connectivity index (χ0n) is 15.8. The molecule has 3 aromatic rings. The number of carbonyl (C=O) groups excluding carboxylic acids is 1. The Morgan fingerprint density at radius 2 is 1.81 bits per heavy atom. The van der Waals surface area contributed by atoms with E-state index in [4.69, 9.17) is 4.74 Å². The smallest absolute Gasteiger partial charge is 0.229 e. The van der Waals surface area contributed by atoms with Crippen LogP contribution in [0.4, 0.5) is 23.1 Å². The van der Waals surface area contributed by atoms with Gasteiger partial charge in [-0.1, -0.05) is 18.2 Å². The number of ether oxygens (including phenoxy) is 1. The lowest BCUT2D eigenvalue weighted by atomic mass is 10.1. The van der Waals surface area contributed by atoms with Crippen molar-refractivity contribution in [3.63, 3.8) is 0 Å². The summed E-state index contributed by atoms with van der Waals surface area (Å²) in [7, 11) is 1.63. The van der Waals surface area contributed by atoms with Crippen molar-refractivity contribution in [2.75, 3.05) is 17.7 Å². The molecule has 0 fully saturated rings. The van der Waals surface area contributed by atoms with Gasteiger partial charge in [0.15, 0.2) is 5.78 Å². The molecule has 1 heterocycles. The Labute approximate surface area is 158 Å². The van der Waals surface area contributed by atoms with E-state index in [1.165, 1.54) is 0 Å². The number of hydrogen-bond acceptors (Lipinski definition) is 6. The molecule has 0 amide bonds. The van der Waals surface area contributed by atoms with E-state index in [-0.39, 0.29) is 5.78 Å². The van der Waals surface area contributed by atoms with Crippen LogP contribution in [0.3, 0.4) is 0 Å². The van der Waals surface area contributed by atoms with E-state index in [9.17, 15) is 4.79 Å². The number of carbonyl (C=O) groups is 1. The van der Waals surface area contributed by atoms with E-state index in [0.29, 0.717) is 17.3 Å². The number of nitrogens with zero attached hydrogens (tertiary/aromatic N) is 2. The predicted molar refractivity (Wildman–Crippen MR) is 108 cm³/mol. The Hall–Kier alpha value is -3.41. The Kier molecular flexibility index (Phi) is 5.35. The largest absolute Gasteiger partial charge is 0.495 e. The Morgan fingerprint density at radius 3 is 2.56 bits per heavy atom. The van der Waals surface area contributed by atoms with Crippen LogP contribution in [0.15, 0.2) is 48.5 Å². The van der Waals surface area contributed by atoms with Gasteiger partial charge in [0.25, 0.3) is 0 Å². The van der Waals surface area contributed by atoms with Crippen LogP contribution in [0.25, 0.3) is 0 Å². The van der Waals surface area contributed by atoms with Crippen molar-refractivity contribution in [2.24, 2.45) is 0 Å². The Morgan fingerprint density at radius 1 is 1.00 bits per heavy atom. The minimum Gasteiger partial charge on any atom is -0.495 e. The first kappa shape index (κ1) is 18.4. The molecule has 0 aliphatic carbocycles. The SMILES string of the molecule is COc1ccc(C)cc1Nc1cc(C)nc(Nc2cccc(C(C)=O)c2)n1. The number of aromatic nitrogens is 2. The van der Waals surface area contributed by atoms with E-state index in [1.807, 2.05) is 50.2 Å². The lowest BCUT2D eigenvalue weighted by molar-refractivity contribution is 0.101. The number of methoxy groups -OCH3 is 1. The van der Waals surface area contributed by atoms with Crippen molar-refractivity contribution >= 4 is 28.9 Å². The van der Waals surface area contributed by atoms with Crippen molar-refractivity contribution in [1.29, 1.82) is 0 Å². The summed E-state index contributed by atoms with van der Waals surface area (Å²) in [5.74, 6) is 1.85. The van der Waals surface area contributed by atoms with E-state index in [2.05, 4.69) is 20.6 Å². The van der Waals surface area contributed by atoms with Crippen molar-refractivity contribution in [3.05, 3.63) is 65.4 Å². The quantitative estimate of drug-likeness (QED) is 0.614. The molecule has 6 heteroatoms. The molecule has 2 N–H and O–H groups in total. The molecule has 0 atom stereocenters. The van der Waals surface area contributed by atoms with Crippen LogP contribution in [0.2, 0.25) is 0 Å².